The van der Waals surface area contributed by atoms with E-state index in [1.54, 1.807) is 29.8 Å². The zero-order valence-corrected chi connectivity index (χ0v) is 13.1. The molecule has 0 aliphatic rings. The molecule has 0 atom stereocenters. The maximum absolute atomic E-state index is 12.2. The van der Waals surface area contributed by atoms with Gasteiger partial charge in [-0.1, -0.05) is 17.7 Å². The van der Waals surface area contributed by atoms with Crippen molar-refractivity contribution in [2.45, 2.75) is 0 Å². The van der Waals surface area contributed by atoms with E-state index in [9.17, 15) is 4.79 Å². The molecule has 0 saturated heterocycles. The summed E-state index contributed by atoms with van der Waals surface area (Å²) in [5, 5.41) is 3.22. The van der Waals surface area contributed by atoms with E-state index >= 15 is 0 Å². The zero-order valence-electron chi connectivity index (χ0n) is 9.93. The summed E-state index contributed by atoms with van der Waals surface area (Å²) in [6.07, 6.45) is 0. The van der Waals surface area contributed by atoms with Crippen LogP contribution in [0.1, 0.15) is 10.5 Å². The van der Waals surface area contributed by atoms with Crippen molar-refractivity contribution in [3.63, 3.8) is 0 Å². The molecule has 2 aromatic heterocycles. The fraction of sp³-hybridized carbons (Fsp3) is 0. The van der Waals surface area contributed by atoms with Crippen molar-refractivity contribution < 1.29 is 4.79 Å². The number of nitrogens with zero attached hydrogens (tertiary/aromatic N) is 2. The zero-order chi connectivity index (χ0) is 14.1. The third-order valence-corrected chi connectivity index (χ3v) is 4.19. The van der Waals surface area contributed by atoms with Gasteiger partial charge in [-0.05, 0) is 40.2 Å². The Morgan fingerprint density at radius 3 is 2.95 bits per heavy atom. The Balaban J connectivity index is 1.99. The second-order valence-electron chi connectivity index (χ2n) is 3.92. The molecule has 0 spiro atoms. The van der Waals surface area contributed by atoms with Crippen LogP contribution in [0.2, 0.25) is 5.02 Å². The van der Waals surface area contributed by atoms with Crippen molar-refractivity contribution in [2.75, 3.05) is 5.32 Å². The van der Waals surface area contributed by atoms with Gasteiger partial charge in [-0.3, -0.25) is 4.79 Å². The number of pyridine rings is 1. The summed E-state index contributed by atoms with van der Waals surface area (Å²) < 4.78 is 1.56. The smallest absolute Gasteiger partial charge is 0.274 e. The largest absolute Gasteiger partial charge is 0.317 e. The lowest BCUT2D eigenvalue weighted by Gasteiger charge is -2.07. The van der Waals surface area contributed by atoms with Gasteiger partial charge in [0, 0.05) is 0 Å². The van der Waals surface area contributed by atoms with E-state index in [0.717, 1.165) is 4.70 Å². The molecule has 2 heterocycles. The van der Waals surface area contributed by atoms with Gasteiger partial charge in [-0.2, -0.15) is 0 Å². The lowest BCUT2D eigenvalue weighted by atomic mass is 10.2. The fourth-order valence-corrected chi connectivity index (χ4v) is 2.97. The predicted octanol–water partition coefficient (Wildman–Crippen LogP) is 4.36. The summed E-state index contributed by atoms with van der Waals surface area (Å²) >= 11 is 10.9. The van der Waals surface area contributed by atoms with E-state index in [4.69, 9.17) is 11.6 Å². The number of nitrogens with one attached hydrogen (secondary N) is 1. The van der Waals surface area contributed by atoms with E-state index in [2.05, 4.69) is 31.2 Å². The quantitative estimate of drug-likeness (QED) is 0.684. The molecule has 1 amide bonds. The molecule has 0 saturated carbocycles. The highest BCUT2D eigenvalue weighted by atomic mass is 79.9. The number of fused-ring (bicyclic) bond motifs is 1. The van der Waals surface area contributed by atoms with Crippen molar-refractivity contribution >= 4 is 60.7 Å². The van der Waals surface area contributed by atoms with Gasteiger partial charge in [0.2, 0.25) is 0 Å². The van der Waals surface area contributed by atoms with Crippen LogP contribution in [-0.2, 0) is 0 Å². The van der Waals surface area contributed by atoms with E-state index in [1.165, 1.54) is 11.3 Å². The highest BCUT2D eigenvalue weighted by Gasteiger charge is 2.14. The van der Waals surface area contributed by atoms with Crippen LogP contribution in [0.25, 0.3) is 10.2 Å². The SMILES string of the molecule is O=C(Nc1c(Cl)ccc2scnc12)c1cccc(Br)n1. The van der Waals surface area contributed by atoms with Crippen LogP contribution in [0.15, 0.2) is 40.4 Å². The average Bonchev–Trinajstić information content (AvgIpc) is 2.90. The third-order valence-electron chi connectivity index (χ3n) is 2.64. The molecule has 1 aromatic carbocycles. The molecule has 0 fully saturated rings. The molecular formula is C13H7BrClN3OS. The highest BCUT2D eigenvalue weighted by Crippen LogP contribution is 2.32. The normalized spacial score (nSPS) is 10.7. The first kappa shape index (κ1) is 13.5. The number of hydrogen-bond acceptors (Lipinski definition) is 4. The molecule has 0 radical (unpaired) electrons. The third kappa shape index (κ3) is 2.54. The van der Waals surface area contributed by atoms with Crippen molar-refractivity contribution in [2.24, 2.45) is 0 Å². The molecule has 0 aliphatic carbocycles. The molecular weight excluding hydrogens is 362 g/mol. The van der Waals surface area contributed by atoms with Crippen LogP contribution in [0.3, 0.4) is 0 Å². The predicted molar refractivity (Wildman–Crippen MR) is 84.5 cm³/mol. The van der Waals surface area contributed by atoms with Crippen molar-refractivity contribution in [3.05, 3.63) is 51.2 Å². The summed E-state index contributed by atoms with van der Waals surface area (Å²) in [4.78, 5) is 20.6. The summed E-state index contributed by atoms with van der Waals surface area (Å²) in [5.74, 6) is -0.325. The monoisotopic (exact) mass is 367 g/mol. The van der Waals surface area contributed by atoms with Gasteiger partial charge in [-0.15, -0.1) is 11.3 Å². The van der Waals surface area contributed by atoms with Crippen LogP contribution in [0.4, 0.5) is 5.69 Å². The minimum absolute atomic E-state index is 0.308. The van der Waals surface area contributed by atoms with Gasteiger partial charge in [0.1, 0.15) is 15.8 Å². The molecule has 3 aromatic rings. The first-order valence-electron chi connectivity index (χ1n) is 5.61. The number of amides is 1. The number of carbonyl (C=O) groups excluding carboxylic acids is 1. The number of aromatic nitrogens is 2. The van der Waals surface area contributed by atoms with E-state index in [1.807, 2.05) is 6.07 Å². The number of thiazole rings is 1. The molecule has 1 N–H and O–H groups in total. The van der Waals surface area contributed by atoms with E-state index in [-0.39, 0.29) is 5.91 Å². The number of benzene rings is 1. The minimum Gasteiger partial charge on any atom is -0.317 e. The molecule has 100 valence electrons. The van der Waals surface area contributed by atoms with Gasteiger partial charge < -0.3 is 5.32 Å². The highest BCUT2D eigenvalue weighted by molar-refractivity contribution is 9.10. The average molecular weight is 369 g/mol. The van der Waals surface area contributed by atoms with Crippen LogP contribution >= 0.6 is 38.9 Å². The van der Waals surface area contributed by atoms with E-state index in [0.29, 0.717) is 26.5 Å². The van der Waals surface area contributed by atoms with Gasteiger partial charge in [0.05, 0.1) is 20.9 Å². The number of anilines is 1. The van der Waals surface area contributed by atoms with Gasteiger partial charge in [0.25, 0.3) is 5.91 Å². The number of hydrogen-bond donors (Lipinski definition) is 1. The maximum Gasteiger partial charge on any atom is 0.274 e. The standard InChI is InChI=1S/C13H7BrClN3OS/c14-10-3-1-2-8(17-10)13(19)18-11-7(15)4-5-9-12(11)16-6-20-9/h1-6H,(H,18,19). The Hall–Kier alpha value is -1.50. The summed E-state index contributed by atoms with van der Waals surface area (Å²) in [6.45, 7) is 0. The van der Waals surface area contributed by atoms with Crippen molar-refractivity contribution in [1.29, 1.82) is 0 Å². The number of carbonyl (C=O) groups is 1. The first-order valence-corrected chi connectivity index (χ1v) is 7.66. The molecule has 0 bridgehead atoms. The molecule has 0 aliphatic heterocycles. The van der Waals surface area contributed by atoms with Gasteiger partial charge in [-0.25, -0.2) is 9.97 Å². The van der Waals surface area contributed by atoms with Gasteiger partial charge in [0.15, 0.2) is 0 Å². The molecule has 20 heavy (non-hydrogen) atoms. The Morgan fingerprint density at radius 2 is 2.15 bits per heavy atom. The fourth-order valence-electron chi connectivity index (χ4n) is 1.74. The second kappa shape index (κ2) is 5.47. The first-order chi connectivity index (χ1) is 9.65. The van der Waals surface area contributed by atoms with Gasteiger partial charge >= 0.3 is 0 Å². The Morgan fingerprint density at radius 1 is 1.30 bits per heavy atom. The van der Waals surface area contributed by atoms with Crippen LogP contribution in [0, 0.1) is 0 Å². The topological polar surface area (TPSA) is 54.9 Å². The summed E-state index contributed by atoms with van der Waals surface area (Å²) in [7, 11) is 0. The molecule has 4 nitrogen and oxygen atoms in total. The Kier molecular flexibility index (Phi) is 3.69. The van der Waals surface area contributed by atoms with Crippen LogP contribution in [0.5, 0.6) is 0 Å². The lowest BCUT2D eigenvalue weighted by molar-refractivity contribution is 0.102. The Bertz CT molecular complexity index is 805. The van der Waals surface area contributed by atoms with Crippen molar-refractivity contribution in [1.82, 2.24) is 9.97 Å². The molecule has 3 rings (SSSR count). The van der Waals surface area contributed by atoms with Crippen LogP contribution < -0.4 is 5.32 Å². The van der Waals surface area contributed by atoms with Crippen molar-refractivity contribution in [3.8, 4) is 0 Å². The van der Waals surface area contributed by atoms with Crippen LogP contribution in [-0.4, -0.2) is 15.9 Å². The summed E-state index contributed by atoms with van der Waals surface area (Å²) in [6, 6.07) is 8.76. The second-order valence-corrected chi connectivity index (χ2v) is 6.03. The number of halogens is 2. The Labute approximate surface area is 131 Å². The lowest BCUT2D eigenvalue weighted by Crippen LogP contribution is -2.14. The minimum atomic E-state index is -0.325. The molecule has 0 unspecified atom stereocenters. The molecule has 7 heteroatoms. The number of rotatable bonds is 2. The van der Waals surface area contributed by atoms with E-state index < -0.39 is 0 Å². The summed E-state index contributed by atoms with van der Waals surface area (Å²) in [5.41, 5.74) is 3.22. The maximum atomic E-state index is 12.2.